The van der Waals surface area contributed by atoms with E-state index in [-0.39, 0.29) is 5.54 Å². The number of likely N-dealkylation sites (N-methyl/N-ethyl adjacent to an activating group) is 1. The Morgan fingerprint density at radius 3 is 3.00 bits per heavy atom. The Bertz CT molecular complexity index is 536. The summed E-state index contributed by atoms with van der Waals surface area (Å²) < 4.78 is 5.18. The molecule has 3 heterocycles. The molecule has 1 unspecified atom stereocenters. The minimum Gasteiger partial charge on any atom is -0.481 e. The van der Waals surface area contributed by atoms with E-state index in [1.807, 2.05) is 6.07 Å². The smallest absolute Gasteiger partial charge is 0.223 e. The highest BCUT2D eigenvalue weighted by atomic mass is 16.5. The lowest BCUT2D eigenvalue weighted by Gasteiger charge is -2.46. The molecule has 0 saturated carbocycles. The van der Waals surface area contributed by atoms with E-state index >= 15 is 0 Å². The molecule has 21 heavy (non-hydrogen) atoms. The number of likely N-dealkylation sites (tertiary alicyclic amines) is 1. The van der Waals surface area contributed by atoms with Gasteiger partial charge in [-0.2, -0.15) is 0 Å². The van der Waals surface area contributed by atoms with Crippen molar-refractivity contribution >= 4 is 11.7 Å². The first-order valence-corrected chi connectivity index (χ1v) is 7.60. The maximum atomic E-state index is 12.1. The molecule has 0 aromatic carbocycles. The van der Waals surface area contributed by atoms with Crippen LogP contribution in [0, 0.1) is 0 Å². The molecule has 0 N–H and O–H groups in total. The molecule has 2 aliphatic rings. The summed E-state index contributed by atoms with van der Waals surface area (Å²) in [4.78, 5) is 24.8. The summed E-state index contributed by atoms with van der Waals surface area (Å²) in [7, 11) is 1.61. The van der Waals surface area contributed by atoms with E-state index in [9.17, 15) is 4.79 Å². The number of methoxy groups -OCH3 is 1. The van der Waals surface area contributed by atoms with Gasteiger partial charge in [0.1, 0.15) is 12.1 Å². The molecule has 2 fully saturated rings. The minimum absolute atomic E-state index is 0.0116. The number of amides is 1. The summed E-state index contributed by atoms with van der Waals surface area (Å²) >= 11 is 0. The summed E-state index contributed by atoms with van der Waals surface area (Å²) in [6.07, 6.45) is 5.33. The quantitative estimate of drug-likeness (QED) is 0.843. The fraction of sp³-hybridized carbons (Fsp3) is 0.667. The van der Waals surface area contributed by atoms with Crippen molar-refractivity contribution in [2.45, 2.75) is 38.1 Å². The summed E-state index contributed by atoms with van der Waals surface area (Å²) in [5.41, 5.74) is -0.0116. The minimum atomic E-state index is -0.0116. The van der Waals surface area contributed by atoms with E-state index in [1.165, 1.54) is 6.33 Å². The molecule has 3 rings (SSSR count). The zero-order chi connectivity index (χ0) is 14.9. The summed E-state index contributed by atoms with van der Waals surface area (Å²) in [6, 6.07) is 1.87. The van der Waals surface area contributed by atoms with Crippen molar-refractivity contribution in [1.82, 2.24) is 14.9 Å². The number of carbonyl (C=O) groups excluding carboxylic acids is 1. The number of aromatic nitrogens is 2. The average molecular weight is 290 g/mol. The Labute approximate surface area is 125 Å². The van der Waals surface area contributed by atoms with E-state index < -0.39 is 0 Å². The highest BCUT2D eigenvalue weighted by Crippen LogP contribution is 2.38. The number of piperidine rings is 1. The Morgan fingerprint density at radius 2 is 2.24 bits per heavy atom. The second-order valence-electron chi connectivity index (χ2n) is 5.81. The van der Waals surface area contributed by atoms with Crippen molar-refractivity contribution in [3.63, 3.8) is 0 Å². The molecule has 0 bridgehead atoms. The average Bonchev–Trinajstić information content (AvgIpc) is 2.83. The second kappa shape index (κ2) is 5.50. The molecule has 1 aromatic heterocycles. The standard InChI is InChI=1S/C15H22N4O2/c1-3-19-14(20)5-7-15(19)6-4-8-18(10-15)12-9-13(21-2)17-11-16-12/h9,11H,3-8,10H2,1-2H3. The van der Waals surface area contributed by atoms with Crippen molar-refractivity contribution in [2.75, 3.05) is 31.6 Å². The molecule has 0 aliphatic carbocycles. The third kappa shape index (κ3) is 2.43. The number of nitrogens with zero attached hydrogens (tertiary/aromatic N) is 4. The molecular weight excluding hydrogens is 268 g/mol. The van der Waals surface area contributed by atoms with Crippen LogP contribution in [0.2, 0.25) is 0 Å². The molecule has 2 saturated heterocycles. The van der Waals surface area contributed by atoms with E-state index in [0.29, 0.717) is 18.2 Å². The summed E-state index contributed by atoms with van der Waals surface area (Å²) in [5.74, 6) is 1.76. The van der Waals surface area contributed by atoms with Gasteiger partial charge in [-0.15, -0.1) is 0 Å². The van der Waals surface area contributed by atoms with Gasteiger partial charge >= 0.3 is 0 Å². The van der Waals surface area contributed by atoms with Gasteiger partial charge in [-0.05, 0) is 26.2 Å². The molecule has 2 aliphatic heterocycles. The van der Waals surface area contributed by atoms with Crippen LogP contribution in [0.25, 0.3) is 0 Å². The van der Waals surface area contributed by atoms with Crippen LogP contribution in [0.4, 0.5) is 5.82 Å². The SMILES string of the molecule is CCN1C(=O)CCC12CCCN(c1cc(OC)ncn1)C2. The zero-order valence-corrected chi connectivity index (χ0v) is 12.7. The molecule has 1 spiro atoms. The van der Waals surface area contributed by atoms with E-state index in [2.05, 4.69) is 26.7 Å². The highest BCUT2D eigenvalue weighted by Gasteiger charge is 2.47. The van der Waals surface area contributed by atoms with Gasteiger partial charge in [0, 0.05) is 32.1 Å². The highest BCUT2D eigenvalue weighted by molar-refractivity contribution is 5.80. The Hall–Kier alpha value is -1.85. The van der Waals surface area contributed by atoms with E-state index in [0.717, 1.165) is 44.7 Å². The van der Waals surface area contributed by atoms with Crippen molar-refractivity contribution in [1.29, 1.82) is 0 Å². The third-order valence-corrected chi connectivity index (χ3v) is 4.71. The molecular formula is C15H22N4O2. The van der Waals surface area contributed by atoms with Gasteiger partial charge in [-0.1, -0.05) is 0 Å². The molecule has 0 radical (unpaired) electrons. The lowest BCUT2D eigenvalue weighted by atomic mass is 9.86. The van der Waals surface area contributed by atoms with Gasteiger partial charge in [0.05, 0.1) is 12.6 Å². The fourth-order valence-corrected chi connectivity index (χ4v) is 3.73. The maximum Gasteiger partial charge on any atom is 0.223 e. The molecule has 1 atom stereocenters. The molecule has 6 nitrogen and oxygen atoms in total. The first-order chi connectivity index (χ1) is 10.2. The lowest BCUT2D eigenvalue weighted by Crippen LogP contribution is -2.56. The van der Waals surface area contributed by atoms with Gasteiger partial charge in [0.2, 0.25) is 11.8 Å². The van der Waals surface area contributed by atoms with E-state index in [1.54, 1.807) is 7.11 Å². The van der Waals surface area contributed by atoms with Gasteiger partial charge in [-0.25, -0.2) is 9.97 Å². The topological polar surface area (TPSA) is 58.6 Å². The number of carbonyl (C=O) groups is 1. The molecule has 6 heteroatoms. The summed E-state index contributed by atoms with van der Waals surface area (Å²) in [6.45, 7) is 4.68. The molecule has 1 amide bonds. The fourth-order valence-electron chi connectivity index (χ4n) is 3.73. The maximum absolute atomic E-state index is 12.1. The van der Waals surface area contributed by atoms with Crippen LogP contribution in [0.15, 0.2) is 12.4 Å². The lowest BCUT2D eigenvalue weighted by molar-refractivity contribution is -0.131. The van der Waals surface area contributed by atoms with Crippen LogP contribution >= 0.6 is 0 Å². The van der Waals surface area contributed by atoms with Crippen LogP contribution in [0.3, 0.4) is 0 Å². The van der Waals surface area contributed by atoms with Gasteiger partial charge < -0.3 is 14.5 Å². The van der Waals surface area contributed by atoms with Crippen molar-refractivity contribution in [3.8, 4) is 5.88 Å². The first-order valence-electron chi connectivity index (χ1n) is 7.60. The van der Waals surface area contributed by atoms with E-state index in [4.69, 9.17) is 4.74 Å². The van der Waals surface area contributed by atoms with Gasteiger partial charge in [0.15, 0.2) is 0 Å². The number of hydrogen-bond acceptors (Lipinski definition) is 5. The Morgan fingerprint density at radius 1 is 1.38 bits per heavy atom. The number of anilines is 1. The number of hydrogen-bond donors (Lipinski definition) is 0. The van der Waals surface area contributed by atoms with Crippen molar-refractivity contribution < 1.29 is 9.53 Å². The predicted octanol–water partition coefficient (Wildman–Crippen LogP) is 1.47. The van der Waals surface area contributed by atoms with Crippen LogP contribution in [0.5, 0.6) is 5.88 Å². The normalized spacial score (nSPS) is 25.7. The third-order valence-electron chi connectivity index (χ3n) is 4.71. The summed E-state index contributed by atoms with van der Waals surface area (Å²) in [5, 5.41) is 0. The second-order valence-corrected chi connectivity index (χ2v) is 5.81. The monoisotopic (exact) mass is 290 g/mol. The zero-order valence-electron chi connectivity index (χ0n) is 12.7. The molecule has 1 aromatic rings. The largest absolute Gasteiger partial charge is 0.481 e. The van der Waals surface area contributed by atoms with Crippen LogP contribution < -0.4 is 9.64 Å². The number of rotatable bonds is 3. The number of ether oxygens (including phenoxy) is 1. The van der Waals surface area contributed by atoms with Crippen LogP contribution in [-0.4, -0.2) is 53.1 Å². The Kier molecular flexibility index (Phi) is 3.69. The van der Waals surface area contributed by atoms with Crippen molar-refractivity contribution in [3.05, 3.63) is 12.4 Å². The first kappa shape index (κ1) is 14.1. The molecule has 114 valence electrons. The predicted molar refractivity (Wildman–Crippen MR) is 79.4 cm³/mol. The van der Waals surface area contributed by atoms with Gasteiger partial charge in [0.25, 0.3) is 0 Å². The Balaban J connectivity index is 1.84. The van der Waals surface area contributed by atoms with Crippen molar-refractivity contribution in [2.24, 2.45) is 0 Å². The van der Waals surface area contributed by atoms with Crippen LogP contribution in [0.1, 0.15) is 32.6 Å². The van der Waals surface area contributed by atoms with Crippen LogP contribution in [-0.2, 0) is 4.79 Å². The van der Waals surface area contributed by atoms with Gasteiger partial charge in [-0.3, -0.25) is 4.79 Å².